The molecule has 0 aliphatic rings. The third kappa shape index (κ3) is 3.85. The third-order valence-electron chi connectivity index (χ3n) is 2.68. The number of aromatic carboxylic acids is 1. The van der Waals surface area contributed by atoms with E-state index in [1.54, 1.807) is 4.90 Å². The smallest absolute Gasteiger partial charge is 0.433 e. The van der Waals surface area contributed by atoms with E-state index in [9.17, 15) is 18.0 Å². The molecular formula is C13H17F3N2O2. The molecule has 0 saturated carbocycles. The molecule has 112 valence electrons. The van der Waals surface area contributed by atoms with Crippen LogP contribution in [0.5, 0.6) is 0 Å². The first-order valence-corrected chi connectivity index (χ1v) is 6.37. The lowest BCUT2D eigenvalue weighted by atomic mass is 10.2. The molecule has 0 bridgehead atoms. The number of pyridine rings is 1. The number of hydrogen-bond acceptors (Lipinski definition) is 3. The fourth-order valence-corrected chi connectivity index (χ4v) is 1.88. The number of carboxylic acids is 1. The van der Waals surface area contributed by atoms with Crippen molar-refractivity contribution in [3.63, 3.8) is 0 Å². The third-order valence-corrected chi connectivity index (χ3v) is 2.68. The Labute approximate surface area is 115 Å². The maximum absolute atomic E-state index is 12.7. The molecule has 0 amide bonds. The highest BCUT2D eigenvalue weighted by atomic mass is 19.4. The second-order valence-electron chi connectivity index (χ2n) is 4.36. The van der Waals surface area contributed by atoms with Crippen molar-refractivity contribution in [3.8, 4) is 0 Å². The average Bonchev–Trinajstić information content (AvgIpc) is 2.36. The molecule has 0 aromatic carbocycles. The summed E-state index contributed by atoms with van der Waals surface area (Å²) in [6.07, 6.45) is -3.20. The second-order valence-corrected chi connectivity index (χ2v) is 4.36. The molecule has 1 N–H and O–H groups in total. The van der Waals surface area contributed by atoms with E-state index in [0.29, 0.717) is 32.0 Å². The van der Waals surface area contributed by atoms with E-state index < -0.39 is 17.8 Å². The van der Waals surface area contributed by atoms with Crippen LogP contribution in [0.4, 0.5) is 19.0 Å². The molecule has 0 unspecified atom stereocenters. The van der Waals surface area contributed by atoms with Gasteiger partial charge < -0.3 is 10.0 Å². The van der Waals surface area contributed by atoms with Crippen molar-refractivity contribution in [1.29, 1.82) is 0 Å². The van der Waals surface area contributed by atoms with E-state index in [1.807, 2.05) is 13.8 Å². The Kier molecular flexibility index (Phi) is 5.35. The van der Waals surface area contributed by atoms with Crippen LogP contribution in [0.15, 0.2) is 12.1 Å². The predicted octanol–water partition coefficient (Wildman–Crippen LogP) is 3.43. The van der Waals surface area contributed by atoms with E-state index in [2.05, 4.69) is 4.98 Å². The summed E-state index contributed by atoms with van der Waals surface area (Å²) < 4.78 is 38.1. The summed E-state index contributed by atoms with van der Waals surface area (Å²) in [5.74, 6) is -1.39. The van der Waals surface area contributed by atoms with Crippen molar-refractivity contribution in [2.45, 2.75) is 32.9 Å². The van der Waals surface area contributed by atoms with Crippen LogP contribution >= 0.6 is 0 Å². The van der Waals surface area contributed by atoms with Crippen LogP contribution in [0, 0.1) is 0 Å². The highest BCUT2D eigenvalue weighted by molar-refractivity contribution is 5.93. The van der Waals surface area contributed by atoms with Crippen molar-refractivity contribution in [3.05, 3.63) is 23.4 Å². The van der Waals surface area contributed by atoms with E-state index in [-0.39, 0.29) is 11.4 Å². The van der Waals surface area contributed by atoms with Crippen LogP contribution < -0.4 is 4.90 Å². The zero-order valence-electron chi connectivity index (χ0n) is 11.4. The fourth-order valence-electron chi connectivity index (χ4n) is 1.88. The molecule has 20 heavy (non-hydrogen) atoms. The van der Waals surface area contributed by atoms with Gasteiger partial charge in [0.25, 0.3) is 0 Å². The van der Waals surface area contributed by atoms with Gasteiger partial charge in [0.15, 0.2) is 0 Å². The van der Waals surface area contributed by atoms with Crippen LogP contribution in [-0.4, -0.2) is 29.1 Å². The number of carboxylic acid groups (broad SMARTS) is 1. The van der Waals surface area contributed by atoms with Gasteiger partial charge in [-0.15, -0.1) is 0 Å². The number of halogens is 3. The SMILES string of the molecule is CCCN(CCC)c1nc(C(F)(F)F)ccc1C(=O)O. The molecule has 0 atom stereocenters. The number of aromatic nitrogens is 1. The number of carbonyl (C=O) groups is 1. The minimum atomic E-state index is -4.59. The van der Waals surface area contributed by atoms with E-state index in [4.69, 9.17) is 5.11 Å². The van der Waals surface area contributed by atoms with Gasteiger partial charge in [-0.3, -0.25) is 0 Å². The summed E-state index contributed by atoms with van der Waals surface area (Å²) in [5, 5.41) is 9.10. The van der Waals surface area contributed by atoms with Crippen molar-refractivity contribution in [1.82, 2.24) is 4.98 Å². The van der Waals surface area contributed by atoms with Gasteiger partial charge in [0.05, 0.1) is 0 Å². The van der Waals surface area contributed by atoms with Gasteiger partial charge >= 0.3 is 12.1 Å². The zero-order chi connectivity index (χ0) is 15.3. The molecule has 0 aliphatic carbocycles. The summed E-state index contributed by atoms with van der Waals surface area (Å²) in [7, 11) is 0. The molecule has 0 spiro atoms. The number of hydrogen-bond donors (Lipinski definition) is 1. The standard InChI is InChI=1S/C13H17F3N2O2/c1-3-7-18(8-4-2)11-9(12(19)20)5-6-10(17-11)13(14,15)16/h5-6H,3-4,7-8H2,1-2H3,(H,19,20). The lowest BCUT2D eigenvalue weighted by molar-refractivity contribution is -0.141. The number of anilines is 1. The Balaban J connectivity index is 3.33. The highest BCUT2D eigenvalue weighted by Gasteiger charge is 2.34. The lowest BCUT2D eigenvalue weighted by Gasteiger charge is -2.24. The monoisotopic (exact) mass is 290 g/mol. The Morgan fingerprint density at radius 1 is 1.25 bits per heavy atom. The van der Waals surface area contributed by atoms with Gasteiger partial charge in [-0.25, -0.2) is 9.78 Å². The topological polar surface area (TPSA) is 53.4 Å². The maximum Gasteiger partial charge on any atom is 0.433 e. The van der Waals surface area contributed by atoms with Crippen LogP contribution in [0.2, 0.25) is 0 Å². The molecule has 4 nitrogen and oxygen atoms in total. The van der Waals surface area contributed by atoms with Crippen LogP contribution in [0.1, 0.15) is 42.7 Å². The molecule has 1 rings (SSSR count). The summed E-state index contributed by atoms with van der Waals surface area (Å²) >= 11 is 0. The maximum atomic E-state index is 12.7. The zero-order valence-corrected chi connectivity index (χ0v) is 11.4. The van der Waals surface area contributed by atoms with Gasteiger partial charge in [0.1, 0.15) is 17.1 Å². The van der Waals surface area contributed by atoms with Crippen LogP contribution in [0.25, 0.3) is 0 Å². The number of alkyl halides is 3. The summed E-state index contributed by atoms with van der Waals surface area (Å²) in [6.45, 7) is 4.66. The second kappa shape index (κ2) is 6.58. The largest absolute Gasteiger partial charge is 0.478 e. The summed E-state index contributed by atoms with van der Waals surface area (Å²) in [4.78, 5) is 16.3. The van der Waals surface area contributed by atoms with Crippen molar-refractivity contribution < 1.29 is 23.1 Å². The fraction of sp³-hybridized carbons (Fsp3) is 0.538. The van der Waals surface area contributed by atoms with Gasteiger partial charge in [-0.1, -0.05) is 13.8 Å². The van der Waals surface area contributed by atoms with Crippen molar-refractivity contribution in [2.75, 3.05) is 18.0 Å². The minimum absolute atomic E-state index is 0.115. The Morgan fingerprint density at radius 2 is 1.80 bits per heavy atom. The van der Waals surface area contributed by atoms with Gasteiger partial charge in [0, 0.05) is 13.1 Å². The highest BCUT2D eigenvalue weighted by Crippen LogP contribution is 2.30. The van der Waals surface area contributed by atoms with Gasteiger partial charge in [-0.05, 0) is 25.0 Å². The Morgan fingerprint density at radius 3 is 2.20 bits per heavy atom. The van der Waals surface area contributed by atoms with Crippen molar-refractivity contribution >= 4 is 11.8 Å². The number of rotatable bonds is 6. The molecule has 7 heteroatoms. The first kappa shape index (κ1) is 16.3. The molecule has 0 aliphatic heterocycles. The first-order valence-electron chi connectivity index (χ1n) is 6.37. The lowest BCUT2D eigenvalue weighted by Crippen LogP contribution is -2.29. The normalized spacial score (nSPS) is 11.4. The van der Waals surface area contributed by atoms with Gasteiger partial charge in [0.2, 0.25) is 0 Å². The van der Waals surface area contributed by atoms with Crippen LogP contribution in [-0.2, 0) is 6.18 Å². The molecule has 0 saturated heterocycles. The molecular weight excluding hydrogens is 273 g/mol. The molecule has 1 heterocycles. The molecule has 0 radical (unpaired) electrons. The van der Waals surface area contributed by atoms with Gasteiger partial charge in [-0.2, -0.15) is 13.2 Å². The predicted molar refractivity (Wildman–Crippen MR) is 69.0 cm³/mol. The number of nitrogens with zero attached hydrogens (tertiary/aromatic N) is 2. The molecule has 1 aromatic heterocycles. The van der Waals surface area contributed by atoms with E-state index in [0.717, 1.165) is 6.07 Å². The first-order chi connectivity index (χ1) is 9.31. The Hall–Kier alpha value is -1.79. The molecule has 0 fully saturated rings. The van der Waals surface area contributed by atoms with Crippen LogP contribution in [0.3, 0.4) is 0 Å². The van der Waals surface area contributed by atoms with E-state index >= 15 is 0 Å². The minimum Gasteiger partial charge on any atom is -0.478 e. The van der Waals surface area contributed by atoms with Crippen molar-refractivity contribution in [2.24, 2.45) is 0 Å². The Bertz CT molecular complexity index is 469. The molecule has 1 aromatic rings. The van der Waals surface area contributed by atoms with E-state index in [1.165, 1.54) is 0 Å². The quantitative estimate of drug-likeness (QED) is 0.872. The summed E-state index contributed by atoms with van der Waals surface area (Å²) in [5.41, 5.74) is -1.28. The summed E-state index contributed by atoms with van der Waals surface area (Å²) in [6, 6.07) is 1.66. The average molecular weight is 290 g/mol.